The number of nitrogens with zero attached hydrogens (tertiary/aromatic N) is 2. The standard InChI is InChI=1S/C45H30N2O/c1-3-8-31(9-4-1)33-13-15-34(16-14-33)36-19-25-39(26-20-36)47(38-23-17-35(18-24-38)32-10-5-2-6-11-32)40-27-21-37-22-28-41-42-12-7-29-46-45(42)48-44(41)43(37)30-40/h1-30H. The summed E-state index contributed by atoms with van der Waals surface area (Å²) in [6.07, 6.45) is 1.78. The fourth-order valence-corrected chi connectivity index (χ4v) is 6.68. The highest BCUT2D eigenvalue weighted by Crippen LogP contribution is 2.40. The smallest absolute Gasteiger partial charge is 0.227 e. The molecular formula is C45H30N2O. The first-order chi connectivity index (χ1) is 23.8. The van der Waals surface area contributed by atoms with Gasteiger partial charge in [0, 0.05) is 39.4 Å². The lowest BCUT2D eigenvalue weighted by Crippen LogP contribution is -2.09. The predicted molar refractivity (Wildman–Crippen MR) is 200 cm³/mol. The monoisotopic (exact) mass is 614 g/mol. The van der Waals surface area contributed by atoms with Crippen molar-refractivity contribution < 1.29 is 4.42 Å². The van der Waals surface area contributed by atoms with E-state index in [1.165, 1.54) is 33.4 Å². The highest BCUT2D eigenvalue weighted by Gasteiger charge is 2.17. The van der Waals surface area contributed by atoms with Crippen LogP contribution in [0.25, 0.3) is 66.2 Å². The number of aromatic nitrogens is 1. The zero-order valence-corrected chi connectivity index (χ0v) is 26.1. The molecular weight excluding hydrogens is 585 g/mol. The van der Waals surface area contributed by atoms with E-state index in [0.717, 1.165) is 44.2 Å². The molecule has 3 nitrogen and oxygen atoms in total. The Balaban J connectivity index is 1.14. The van der Waals surface area contributed by atoms with Crippen molar-refractivity contribution in [3.8, 4) is 33.4 Å². The summed E-state index contributed by atoms with van der Waals surface area (Å²) in [5.74, 6) is 0. The maximum atomic E-state index is 6.35. The summed E-state index contributed by atoms with van der Waals surface area (Å²) in [6, 6.07) is 62.4. The number of furan rings is 1. The van der Waals surface area contributed by atoms with Gasteiger partial charge >= 0.3 is 0 Å². The van der Waals surface area contributed by atoms with E-state index >= 15 is 0 Å². The molecule has 9 rings (SSSR count). The first kappa shape index (κ1) is 27.8. The van der Waals surface area contributed by atoms with Crippen molar-refractivity contribution in [2.24, 2.45) is 0 Å². The van der Waals surface area contributed by atoms with E-state index < -0.39 is 0 Å². The summed E-state index contributed by atoms with van der Waals surface area (Å²) < 4.78 is 6.35. The third-order valence-corrected chi connectivity index (χ3v) is 9.16. The van der Waals surface area contributed by atoms with Crippen molar-refractivity contribution in [1.82, 2.24) is 4.98 Å². The van der Waals surface area contributed by atoms with Gasteiger partial charge in [0.1, 0.15) is 5.58 Å². The van der Waals surface area contributed by atoms with Crippen molar-refractivity contribution in [1.29, 1.82) is 0 Å². The van der Waals surface area contributed by atoms with E-state index in [9.17, 15) is 0 Å². The molecule has 0 radical (unpaired) electrons. The van der Waals surface area contributed by atoms with Crippen molar-refractivity contribution in [3.63, 3.8) is 0 Å². The number of hydrogen-bond donors (Lipinski definition) is 0. The maximum absolute atomic E-state index is 6.35. The van der Waals surface area contributed by atoms with Crippen LogP contribution in [0.3, 0.4) is 0 Å². The average Bonchev–Trinajstić information content (AvgIpc) is 3.56. The lowest BCUT2D eigenvalue weighted by molar-refractivity contribution is 0.657. The van der Waals surface area contributed by atoms with Gasteiger partial charge in [-0.05, 0) is 93.4 Å². The Morgan fingerprint density at radius 1 is 0.375 bits per heavy atom. The lowest BCUT2D eigenvalue weighted by Gasteiger charge is -2.26. The second-order valence-electron chi connectivity index (χ2n) is 12.0. The number of hydrogen-bond acceptors (Lipinski definition) is 3. The summed E-state index contributed by atoms with van der Waals surface area (Å²) in [7, 11) is 0. The molecule has 7 aromatic carbocycles. The van der Waals surface area contributed by atoms with Crippen LogP contribution in [0.2, 0.25) is 0 Å². The summed E-state index contributed by atoms with van der Waals surface area (Å²) >= 11 is 0. The fraction of sp³-hybridized carbons (Fsp3) is 0. The normalized spacial score (nSPS) is 11.3. The van der Waals surface area contributed by atoms with Gasteiger partial charge in [-0.25, -0.2) is 4.98 Å². The number of rotatable bonds is 6. The van der Waals surface area contributed by atoms with Gasteiger partial charge in [-0.15, -0.1) is 0 Å². The van der Waals surface area contributed by atoms with Gasteiger partial charge in [-0.1, -0.05) is 121 Å². The minimum atomic E-state index is 0.658. The Kier molecular flexibility index (Phi) is 6.80. The van der Waals surface area contributed by atoms with Crippen LogP contribution < -0.4 is 4.90 Å². The Labute approximate surface area is 279 Å². The molecule has 0 bridgehead atoms. The molecule has 0 aliphatic carbocycles. The minimum Gasteiger partial charge on any atom is -0.437 e. The van der Waals surface area contributed by atoms with E-state index in [-0.39, 0.29) is 0 Å². The maximum Gasteiger partial charge on any atom is 0.227 e. The van der Waals surface area contributed by atoms with Crippen LogP contribution >= 0.6 is 0 Å². The number of benzene rings is 7. The molecule has 0 fully saturated rings. The molecule has 48 heavy (non-hydrogen) atoms. The Hall–Kier alpha value is -6.45. The van der Waals surface area contributed by atoms with Crippen LogP contribution in [0, 0.1) is 0 Å². The SMILES string of the molecule is c1ccc(-c2ccc(-c3ccc(N(c4ccc(-c5ccccc5)cc4)c4ccc5ccc6c7cccnc7oc6c5c4)cc3)cc2)cc1. The third-order valence-electron chi connectivity index (χ3n) is 9.16. The molecule has 2 heterocycles. The van der Waals surface area contributed by atoms with E-state index in [2.05, 4.69) is 180 Å². The van der Waals surface area contributed by atoms with Crippen LogP contribution in [-0.2, 0) is 0 Å². The van der Waals surface area contributed by atoms with Gasteiger partial charge < -0.3 is 9.32 Å². The fourth-order valence-electron chi connectivity index (χ4n) is 6.68. The molecule has 226 valence electrons. The topological polar surface area (TPSA) is 29.3 Å². The van der Waals surface area contributed by atoms with Crippen LogP contribution in [-0.4, -0.2) is 4.98 Å². The van der Waals surface area contributed by atoms with Crippen LogP contribution in [0.5, 0.6) is 0 Å². The highest BCUT2D eigenvalue weighted by atomic mass is 16.3. The molecule has 0 aliphatic rings. The van der Waals surface area contributed by atoms with Gasteiger partial charge in [0.05, 0.1) is 0 Å². The van der Waals surface area contributed by atoms with Crippen LogP contribution in [0.1, 0.15) is 0 Å². The number of pyridine rings is 1. The second kappa shape index (κ2) is 11.7. The molecule has 0 N–H and O–H groups in total. The molecule has 0 spiro atoms. The number of fused-ring (bicyclic) bond motifs is 5. The summed E-state index contributed by atoms with van der Waals surface area (Å²) in [4.78, 5) is 6.80. The van der Waals surface area contributed by atoms with E-state index in [0.29, 0.717) is 5.71 Å². The van der Waals surface area contributed by atoms with Crippen molar-refractivity contribution in [2.45, 2.75) is 0 Å². The van der Waals surface area contributed by atoms with Gasteiger partial charge in [0.25, 0.3) is 0 Å². The Bertz CT molecular complexity index is 2520. The average molecular weight is 615 g/mol. The molecule has 9 aromatic rings. The van der Waals surface area contributed by atoms with Gasteiger partial charge in [-0.2, -0.15) is 0 Å². The third kappa shape index (κ3) is 4.99. The predicted octanol–water partition coefficient (Wildman–Crippen LogP) is 12.6. The Morgan fingerprint density at radius 2 is 0.854 bits per heavy atom. The van der Waals surface area contributed by atoms with E-state index in [1.54, 1.807) is 6.20 Å². The molecule has 0 atom stereocenters. The molecule has 2 aromatic heterocycles. The molecule has 3 heteroatoms. The molecule has 0 aliphatic heterocycles. The molecule has 0 saturated heterocycles. The molecule has 0 unspecified atom stereocenters. The summed E-state index contributed by atoms with van der Waals surface area (Å²) in [5.41, 5.74) is 11.9. The lowest BCUT2D eigenvalue weighted by atomic mass is 10.00. The minimum absolute atomic E-state index is 0.658. The van der Waals surface area contributed by atoms with Crippen LogP contribution in [0.4, 0.5) is 17.1 Å². The number of anilines is 3. The van der Waals surface area contributed by atoms with E-state index in [1.807, 2.05) is 6.07 Å². The first-order valence-corrected chi connectivity index (χ1v) is 16.2. The van der Waals surface area contributed by atoms with Gasteiger partial charge in [0.15, 0.2) is 0 Å². The largest absolute Gasteiger partial charge is 0.437 e. The van der Waals surface area contributed by atoms with Gasteiger partial charge in [0.2, 0.25) is 5.71 Å². The highest BCUT2D eigenvalue weighted by molar-refractivity contribution is 6.15. The zero-order valence-electron chi connectivity index (χ0n) is 26.1. The molecule has 0 amide bonds. The van der Waals surface area contributed by atoms with Crippen molar-refractivity contribution >= 4 is 49.9 Å². The molecule has 0 saturated carbocycles. The second-order valence-corrected chi connectivity index (χ2v) is 12.0. The van der Waals surface area contributed by atoms with E-state index in [4.69, 9.17) is 4.42 Å². The quantitative estimate of drug-likeness (QED) is 0.187. The first-order valence-electron chi connectivity index (χ1n) is 16.2. The summed E-state index contributed by atoms with van der Waals surface area (Å²) in [6.45, 7) is 0. The van der Waals surface area contributed by atoms with Crippen LogP contribution in [0.15, 0.2) is 187 Å². The van der Waals surface area contributed by atoms with Gasteiger partial charge in [-0.3, -0.25) is 0 Å². The summed E-state index contributed by atoms with van der Waals surface area (Å²) in [5, 5.41) is 4.28. The zero-order chi connectivity index (χ0) is 31.9. The van der Waals surface area contributed by atoms with Crippen molar-refractivity contribution in [2.75, 3.05) is 4.90 Å². The Morgan fingerprint density at radius 3 is 1.42 bits per heavy atom. The van der Waals surface area contributed by atoms with Crippen molar-refractivity contribution in [3.05, 3.63) is 182 Å².